The Morgan fingerprint density at radius 2 is 1.77 bits per heavy atom. The standard InChI is InChI=1S/C17H15Cl2N3O3S/c1-2-25-15-8-7-13(19)9-16(15)26(23,24)22-17-10-14(20-21-17)11-3-5-12(18)6-4-11/h3-10H,2H2,1H3,(H2,20,21,22). The summed E-state index contributed by atoms with van der Waals surface area (Å²) in [7, 11) is -3.93. The van der Waals surface area contributed by atoms with Gasteiger partial charge in [-0.25, -0.2) is 8.42 Å². The summed E-state index contributed by atoms with van der Waals surface area (Å²) in [5, 5.41) is 7.69. The fourth-order valence-electron chi connectivity index (χ4n) is 2.31. The van der Waals surface area contributed by atoms with E-state index in [0.29, 0.717) is 17.3 Å². The number of hydrogen-bond acceptors (Lipinski definition) is 4. The highest BCUT2D eigenvalue weighted by atomic mass is 35.5. The fourth-order valence-corrected chi connectivity index (χ4v) is 3.84. The Balaban J connectivity index is 1.89. The van der Waals surface area contributed by atoms with E-state index in [1.54, 1.807) is 43.3 Å². The van der Waals surface area contributed by atoms with E-state index in [0.717, 1.165) is 5.56 Å². The molecule has 2 N–H and O–H groups in total. The highest BCUT2D eigenvalue weighted by Gasteiger charge is 2.21. The number of aromatic amines is 1. The molecule has 6 nitrogen and oxygen atoms in total. The van der Waals surface area contributed by atoms with Crippen molar-refractivity contribution in [3.63, 3.8) is 0 Å². The predicted octanol–water partition coefficient (Wildman–Crippen LogP) is 4.58. The highest BCUT2D eigenvalue weighted by Crippen LogP contribution is 2.29. The van der Waals surface area contributed by atoms with Gasteiger partial charge in [0.25, 0.3) is 10.0 Å². The number of hydrogen-bond donors (Lipinski definition) is 2. The quantitative estimate of drug-likeness (QED) is 0.621. The van der Waals surface area contributed by atoms with Crippen LogP contribution >= 0.6 is 23.2 Å². The second-order valence-electron chi connectivity index (χ2n) is 5.30. The van der Waals surface area contributed by atoms with Gasteiger partial charge in [-0.3, -0.25) is 9.82 Å². The van der Waals surface area contributed by atoms with E-state index in [2.05, 4.69) is 14.9 Å². The minimum Gasteiger partial charge on any atom is -0.492 e. The van der Waals surface area contributed by atoms with E-state index in [-0.39, 0.29) is 21.5 Å². The smallest absolute Gasteiger partial charge is 0.266 e. The maximum absolute atomic E-state index is 12.7. The van der Waals surface area contributed by atoms with Crippen molar-refractivity contribution in [2.45, 2.75) is 11.8 Å². The Labute approximate surface area is 161 Å². The fraction of sp³-hybridized carbons (Fsp3) is 0.118. The number of benzene rings is 2. The number of halogens is 2. The zero-order valence-corrected chi connectivity index (χ0v) is 16.0. The Hall–Kier alpha value is -2.22. The summed E-state index contributed by atoms with van der Waals surface area (Å²) in [5.74, 6) is 0.371. The van der Waals surface area contributed by atoms with E-state index in [4.69, 9.17) is 27.9 Å². The molecule has 0 atom stereocenters. The van der Waals surface area contributed by atoms with Crippen molar-refractivity contribution in [2.24, 2.45) is 0 Å². The van der Waals surface area contributed by atoms with Crippen molar-refractivity contribution in [1.29, 1.82) is 0 Å². The van der Waals surface area contributed by atoms with Gasteiger partial charge in [0, 0.05) is 16.1 Å². The maximum atomic E-state index is 12.7. The second kappa shape index (κ2) is 7.57. The topological polar surface area (TPSA) is 84.1 Å². The van der Waals surface area contributed by atoms with Crippen molar-refractivity contribution in [3.8, 4) is 17.0 Å². The lowest BCUT2D eigenvalue weighted by Crippen LogP contribution is -2.14. The van der Waals surface area contributed by atoms with Gasteiger partial charge in [-0.1, -0.05) is 35.3 Å². The molecule has 0 radical (unpaired) electrons. The van der Waals surface area contributed by atoms with Crippen LogP contribution in [-0.4, -0.2) is 25.2 Å². The summed E-state index contributed by atoms with van der Waals surface area (Å²) in [5.41, 5.74) is 1.47. The lowest BCUT2D eigenvalue weighted by Gasteiger charge is -2.11. The van der Waals surface area contributed by atoms with Crippen LogP contribution in [0.5, 0.6) is 5.75 Å². The summed E-state index contributed by atoms with van der Waals surface area (Å²) >= 11 is 11.8. The van der Waals surface area contributed by atoms with E-state index >= 15 is 0 Å². The molecule has 0 unspecified atom stereocenters. The molecule has 3 rings (SSSR count). The van der Waals surface area contributed by atoms with Crippen LogP contribution in [0.3, 0.4) is 0 Å². The first kappa shape index (κ1) is 18.6. The van der Waals surface area contributed by atoms with Gasteiger partial charge >= 0.3 is 0 Å². The molecule has 0 saturated carbocycles. The molecule has 0 spiro atoms. The van der Waals surface area contributed by atoms with Gasteiger partial charge < -0.3 is 4.74 Å². The number of nitrogens with one attached hydrogen (secondary N) is 2. The predicted molar refractivity (Wildman–Crippen MR) is 102 cm³/mol. The Bertz CT molecular complexity index is 1020. The van der Waals surface area contributed by atoms with Crippen molar-refractivity contribution < 1.29 is 13.2 Å². The van der Waals surface area contributed by atoms with Crippen LogP contribution in [0.2, 0.25) is 10.0 Å². The molecule has 0 aliphatic heterocycles. The minimum atomic E-state index is -3.93. The molecular formula is C17H15Cl2N3O3S. The molecule has 136 valence electrons. The first-order valence-corrected chi connectivity index (χ1v) is 9.89. The summed E-state index contributed by atoms with van der Waals surface area (Å²) in [6.45, 7) is 2.10. The Morgan fingerprint density at radius 3 is 2.46 bits per heavy atom. The molecular weight excluding hydrogens is 397 g/mol. The summed E-state index contributed by atoms with van der Waals surface area (Å²) < 4.78 is 33.2. The van der Waals surface area contributed by atoms with Crippen LogP contribution in [0.4, 0.5) is 5.82 Å². The van der Waals surface area contributed by atoms with Crippen LogP contribution < -0.4 is 9.46 Å². The lowest BCUT2D eigenvalue weighted by molar-refractivity contribution is 0.331. The SMILES string of the molecule is CCOc1ccc(Cl)cc1S(=O)(=O)Nc1cc(-c2ccc(Cl)cc2)[nH]n1. The number of H-pyrrole nitrogens is 1. The van der Waals surface area contributed by atoms with E-state index in [9.17, 15) is 8.42 Å². The van der Waals surface area contributed by atoms with E-state index in [1.165, 1.54) is 12.1 Å². The lowest BCUT2D eigenvalue weighted by atomic mass is 10.1. The van der Waals surface area contributed by atoms with Gasteiger partial charge in [0.1, 0.15) is 10.6 Å². The van der Waals surface area contributed by atoms with E-state index < -0.39 is 10.0 Å². The summed E-state index contributed by atoms with van der Waals surface area (Å²) in [6.07, 6.45) is 0. The maximum Gasteiger partial charge on any atom is 0.266 e. The van der Waals surface area contributed by atoms with Gasteiger partial charge in [-0.05, 0) is 42.8 Å². The van der Waals surface area contributed by atoms with Crippen molar-refractivity contribution in [2.75, 3.05) is 11.3 Å². The average molecular weight is 412 g/mol. The molecule has 3 aromatic rings. The molecule has 0 aliphatic rings. The molecule has 0 amide bonds. The molecule has 0 bridgehead atoms. The van der Waals surface area contributed by atoms with Crippen LogP contribution in [0.25, 0.3) is 11.3 Å². The van der Waals surface area contributed by atoms with Crippen LogP contribution in [0.1, 0.15) is 6.92 Å². The van der Waals surface area contributed by atoms with Crippen molar-refractivity contribution in [1.82, 2.24) is 10.2 Å². The monoisotopic (exact) mass is 411 g/mol. The third kappa shape index (κ3) is 4.12. The van der Waals surface area contributed by atoms with Gasteiger partial charge in [0.2, 0.25) is 0 Å². The van der Waals surface area contributed by atoms with Gasteiger partial charge in [0.05, 0.1) is 12.3 Å². The molecule has 0 fully saturated rings. The molecule has 1 heterocycles. The largest absolute Gasteiger partial charge is 0.492 e. The molecule has 1 aromatic heterocycles. The number of ether oxygens (including phenoxy) is 1. The first-order chi connectivity index (χ1) is 12.4. The Morgan fingerprint density at radius 1 is 1.08 bits per heavy atom. The normalized spacial score (nSPS) is 11.3. The number of rotatable bonds is 6. The Kier molecular flexibility index (Phi) is 5.41. The number of aromatic nitrogens is 2. The van der Waals surface area contributed by atoms with Crippen LogP contribution in [-0.2, 0) is 10.0 Å². The molecule has 26 heavy (non-hydrogen) atoms. The third-order valence-electron chi connectivity index (χ3n) is 3.47. The van der Waals surface area contributed by atoms with E-state index in [1.807, 2.05) is 0 Å². The first-order valence-electron chi connectivity index (χ1n) is 7.65. The molecule has 0 saturated heterocycles. The highest BCUT2D eigenvalue weighted by molar-refractivity contribution is 7.92. The zero-order chi connectivity index (χ0) is 18.7. The second-order valence-corrected chi connectivity index (χ2v) is 7.83. The molecule has 0 aliphatic carbocycles. The molecule has 9 heteroatoms. The number of anilines is 1. The summed E-state index contributed by atoms with van der Waals surface area (Å²) in [4.78, 5) is -0.0529. The van der Waals surface area contributed by atoms with Gasteiger partial charge in [-0.2, -0.15) is 5.10 Å². The van der Waals surface area contributed by atoms with Gasteiger partial charge in [-0.15, -0.1) is 0 Å². The van der Waals surface area contributed by atoms with Crippen LogP contribution in [0, 0.1) is 0 Å². The minimum absolute atomic E-state index is 0.0529. The summed E-state index contributed by atoms with van der Waals surface area (Å²) in [6, 6.07) is 13.1. The van der Waals surface area contributed by atoms with Crippen molar-refractivity contribution in [3.05, 3.63) is 58.6 Å². The average Bonchev–Trinajstić information content (AvgIpc) is 3.05. The molecule has 2 aromatic carbocycles. The third-order valence-corrected chi connectivity index (χ3v) is 5.33. The van der Waals surface area contributed by atoms with Crippen LogP contribution in [0.15, 0.2) is 53.4 Å². The van der Waals surface area contributed by atoms with Gasteiger partial charge in [0.15, 0.2) is 5.82 Å². The van der Waals surface area contributed by atoms with Crippen molar-refractivity contribution >= 4 is 39.0 Å². The number of sulfonamides is 1. The zero-order valence-electron chi connectivity index (χ0n) is 13.7. The number of nitrogens with zero attached hydrogens (tertiary/aromatic N) is 1.